The molecule has 4 N–H and O–H groups in total. The summed E-state index contributed by atoms with van der Waals surface area (Å²) in [7, 11) is 0. The molecule has 0 spiro atoms. The Morgan fingerprint density at radius 3 is 2.43 bits per heavy atom. The van der Waals surface area contributed by atoms with Crippen molar-refractivity contribution >= 4 is 0 Å². The molecular weight excluding hydrogens is 178 g/mol. The Labute approximate surface area is 84.2 Å². The maximum Gasteiger partial charge on any atom is 0.0580 e. The molecule has 0 radical (unpaired) electrons. The molecule has 1 aromatic rings. The van der Waals surface area contributed by atoms with Crippen LogP contribution in [0.4, 0.5) is 0 Å². The number of benzene rings is 1. The van der Waals surface area contributed by atoms with Crippen LogP contribution in [0.15, 0.2) is 30.3 Å². The third kappa shape index (κ3) is 3.46. The lowest BCUT2D eigenvalue weighted by Crippen LogP contribution is -2.19. The van der Waals surface area contributed by atoms with Crippen LogP contribution in [-0.2, 0) is 0 Å². The van der Waals surface area contributed by atoms with Crippen molar-refractivity contribution < 1.29 is 10.2 Å². The first-order valence-electron chi connectivity index (χ1n) is 4.83. The predicted molar refractivity (Wildman–Crippen MR) is 55.7 cm³/mol. The maximum absolute atomic E-state index is 9.44. The Balaban J connectivity index is 2.46. The summed E-state index contributed by atoms with van der Waals surface area (Å²) in [6, 6.07) is 9.51. The second-order valence-electron chi connectivity index (χ2n) is 3.42. The fourth-order valence-corrected chi connectivity index (χ4v) is 1.40. The van der Waals surface area contributed by atoms with E-state index in [-0.39, 0.29) is 12.6 Å². The summed E-state index contributed by atoms with van der Waals surface area (Å²) in [5.41, 5.74) is 6.90. The number of rotatable bonds is 5. The summed E-state index contributed by atoms with van der Waals surface area (Å²) in [5.74, 6) is 0. The molecule has 14 heavy (non-hydrogen) atoms. The number of hydrogen-bond donors (Lipinski definition) is 3. The van der Waals surface area contributed by atoms with Gasteiger partial charge < -0.3 is 15.9 Å². The Bertz CT molecular complexity index is 251. The van der Waals surface area contributed by atoms with E-state index in [1.165, 1.54) is 0 Å². The molecule has 0 fully saturated rings. The second-order valence-corrected chi connectivity index (χ2v) is 3.42. The van der Waals surface area contributed by atoms with E-state index in [0.717, 1.165) is 5.56 Å². The topological polar surface area (TPSA) is 66.5 Å². The highest BCUT2D eigenvalue weighted by Crippen LogP contribution is 2.16. The van der Waals surface area contributed by atoms with E-state index in [9.17, 15) is 5.11 Å². The van der Waals surface area contributed by atoms with Crippen molar-refractivity contribution in [2.45, 2.75) is 25.0 Å². The van der Waals surface area contributed by atoms with E-state index in [0.29, 0.717) is 12.8 Å². The highest BCUT2D eigenvalue weighted by atomic mass is 16.3. The lowest BCUT2D eigenvalue weighted by atomic mass is 10.0. The minimum Gasteiger partial charge on any atom is -0.396 e. The van der Waals surface area contributed by atoms with Crippen molar-refractivity contribution in [3.05, 3.63) is 35.9 Å². The normalized spacial score (nSPS) is 15.1. The summed E-state index contributed by atoms with van der Waals surface area (Å²) in [6.45, 7) is 0.00266. The van der Waals surface area contributed by atoms with Crippen molar-refractivity contribution in [3.8, 4) is 0 Å². The Morgan fingerprint density at radius 1 is 1.21 bits per heavy atom. The molecule has 3 heteroatoms. The van der Waals surface area contributed by atoms with Gasteiger partial charge in [0.1, 0.15) is 0 Å². The van der Waals surface area contributed by atoms with E-state index in [1.807, 2.05) is 30.3 Å². The van der Waals surface area contributed by atoms with Crippen molar-refractivity contribution in [1.82, 2.24) is 0 Å². The molecule has 0 aliphatic heterocycles. The maximum atomic E-state index is 9.44. The minimum atomic E-state index is -0.518. The van der Waals surface area contributed by atoms with Gasteiger partial charge in [-0.15, -0.1) is 0 Å². The van der Waals surface area contributed by atoms with Gasteiger partial charge in [-0.2, -0.15) is 0 Å². The molecule has 0 amide bonds. The van der Waals surface area contributed by atoms with Crippen molar-refractivity contribution in [3.63, 3.8) is 0 Å². The molecule has 0 aliphatic carbocycles. The van der Waals surface area contributed by atoms with Crippen LogP contribution < -0.4 is 5.73 Å². The smallest absolute Gasteiger partial charge is 0.0580 e. The molecule has 0 heterocycles. The van der Waals surface area contributed by atoms with E-state index in [1.54, 1.807) is 0 Å². The van der Waals surface area contributed by atoms with E-state index in [2.05, 4.69) is 0 Å². The zero-order valence-corrected chi connectivity index (χ0v) is 8.13. The molecule has 1 rings (SSSR count). The minimum absolute atomic E-state index is 0.00266. The summed E-state index contributed by atoms with van der Waals surface area (Å²) in [5, 5.41) is 18.1. The number of hydrogen-bond acceptors (Lipinski definition) is 3. The van der Waals surface area contributed by atoms with Crippen LogP contribution >= 0.6 is 0 Å². The molecular formula is C11H17NO2. The van der Waals surface area contributed by atoms with Crippen molar-refractivity contribution in [2.24, 2.45) is 5.73 Å². The molecule has 0 saturated carbocycles. The zero-order valence-electron chi connectivity index (χ0n) is 8.13. The average Bonchev–Trinajstić information content (AvgIpc) is 2.19. The van der Waals surface area contributed by atoms with Gasteiger partial charge in [-0.25, -0.2) is 0 Å². The molecule has 78 valence electrons. The van der Waals surface area contributed by atoms with Gasteiger partial charge in [-0.1, -0.05) is 30.3 Å². The summed E-state index contributed by atoms with van der Waals surface area (Å²) >= 11 is 0. The molecule has 0 bridgehead atoms. The van der Waals surface area contributed by atoms with E-state index in [4.69, 9.17) is 10.8 Å². The summed E-state index contributed by atoms with van der Waals surface area (Å²) in [4.78, 5) is 0. The van der Waals surface area contributed by atoms with Gasteiger partial charge in [-0.05, 0) is 18.4 Å². The van der Waals surface area contributed by atoms with Crippen molar-refractivity contribution in [2.75, 3.05) is 6.61 Å². The third-order valence-corrected chi connectivity index (χ3v) is 2.22. The van der Waals surface area contributed by atoms with Crippen LogP contribution in [0.3, 0.4) is 0 Å². The molecule has 3 nitrogen and oxygen atoms in total. The van der Waals surface area contributed by atoms with E-state index >= 15 is 0 Å². The third-order valence-electron chi connectivity index (χ3n) is 2.22. The van der Waals surface area contributed by atoms with Crippen LogP contribution in [0.25, 0.3) is 0 Å². The van der Waals surface area contributed by atoms with Crippen LogP contribution in [0, 0.1) is 0 Å². The second kappa shape index (κ2) is 5.75. The molecule has 2 atom stereocenters. The highest BCUT2D eigenvalue weighted by Gasteiger charge is 2.11. The largest absolute Gasteiger partial charge is 0.396 e. The molecule has 0 aromatic heterocycles. The Morgan fingerprint density at radius 2 is 1.86 bits per heavy atom. The van der Waals surface area contributed by atoms with Gasteiger partial charge in [0.15, 0.2) is 0 Å². The van der Waals surface area contributed by atoms with E-state index < -0.39 is 6.10 Å². The first-order valence-corrected chi connectivity index (χ1v) is 4.83. The SMILES string of the molecule is NC(CC(O)CCO)c1ccccc1. The van der Waals surface area contributed by atoms with Crippen LogP contribution in [0.2, 0.25) is 0 Å². The van der Waals surface area contributed by atoms with Crippen LogP contribution in [0.1, 0.15) is 24.4 Å². The first kappa shape index (κ1) is 11.2. The summed E-state index contributed by atoms with van der Waals surface area (Å²) < 4.78 is 0. The fraction of sp³-hybridized carbons (Fsp3) is 0.455. The number of nitrogens with two attached hydrogens (primary N) is 1. The van der Waals surface area contributed by atoms with Gasteiger partial charge in [0.25, 0.3) is 0 Å². The monoisotopic (exact) mass is 195 g/mol. The molecule has 0 aliphatic rings. The quantitative estimate of drug-likeness (QED) is 0.651. The van der Waals surface area contributed by atoms with Gasteiger partial charge in [0.05, 0.1) is 6.10 Å². The standard InChI is InChI=1S/C11H17NO2/c12-11(8-10(14)6-7-13)9-4-2-1-3-5-9/h1-5,10-11,13-14H,6-8,12H2. The predicted octanol–water partition coefficient (Wildman–Crippen LogP) is 0.820. The summed E-state index contributed by atoms with van der Waals surface area (Å²) in [6.07, 6.45) is 0.362. The lowest BCUT2D eigenvalue weighted by molar-refractivity contribution is 0.118. The van der Waals surface area contributed by atoms with Crippen LogP contribution in [0.5, 0.6) is 0 Å². The highest BCUT2D eigenvalue weighted by molar-refractivity contribution is 5.18. The van der Waals surface area contributed by atoms with Gasteiger partial charge in [0, 0.05) is 12.6 Å². The van der Waals surface area contributed by atoms with Gasteiger partial charge >= 0.3 is 0 Å². The van der Waals surface area contributed by atoms with Crippen molar-refractivity contribution in [1.29, 1.82) is 0 Å². The average molecular weight is 195 g/mol. The fourth-order valence-electron chi connectivity index (χ4n) is 1.40. The van der Waals surface area contributed by atoms with Gasteiger partial charge in [0.2, 0.25) is 0 Å². The van der Waals surface area contributed by atoms with Gasteiger partial charge in [-0.3, -0.25) is 0 Å². The Hall–Kier alpha value is -0.900. The number of aliphatic hydroxyl groups excluding tert-OH is 2. The molecule has 2 unspecified atom stereocenters. The Kier molecular flexibility index (Phi) is 4.59. The van der Waals surface area contributed by atoms with Crippen LogP contribution in [-0.4, -0.2) is 22.9 Å². The number of aliphatic hydroxyl groups is 2. The molecule has 0 saturated heterocycles. The zero-order chi connectivity index (χ0) is 10.4. The molecule has 1 aromatic carbocycles. The first-order chi connectivity index (χ1) is 6.74. The lowest BCUT2D eigenvalue weighted by Gasteiger charge is -2.15.